The molecule has 1 N–H and O–H groups in total. The molecule has 1 aromatic carbocycles. The van der Waals surface area contributed by atoms with Gasteiger partial charge in [0.25, 0.3) is 5.56 Å². The average Bonchev–Trinajstić information content (AvgIpc) is 3.08. The molecular formula is C20H23N5O2S. The van der Waals surface area contributed by atoms with E-state index < -0.39 is 0 Å². The lowest BCUT2D eigenvalue weighted by Gasteiger charge is -2.31. The highest BCUT2D eigenvalue weighted by molar-refractivity contribution is 7.20. The number of nitrogens with zero attached hydrogens (tertiary/aromatic N) is 4. The van der Waals surface area contributed by atoms with Crippen LogP contribution in [0.5, 0.6) is 0 Å². The van der Waals surface area contributed by atoms with Gasteiger partial charge < -0.3 is 10.2 Å². The van der Waals surface area contributed by atoms with Crippen LogP contribution in [0.4, 0.5) is 10.8 Å². The van der Waals surface area contributed by atoms with Gasteiger partial charge in [-0.05, 0) is 45.2 Å². The van der Waals surface area contributed by atoms with Gasteiger partial charge in [0.1, 0.15) is 0 Å². The molecule has 7 nitrogen and oxygen atoms in total. The topological polar surface area (TPSA) is 79.6 Å². The molecule has 8 heteroatoms. The van der Waals surface area contributed by atoms with Crippen molar-refractivity contribution in [3.8, 4) is 0 Å². The molecule has 1 atom stereocenters. The zero-order valence-corrected chi connectivity index (χ0v) is 17.0. The highest BCUT2D eigenvalue weighted by Crippen LogP contribution is 2.28. The number of rotatable bonds is 3. The van der Waals surface area contributed by atoms with E-state index in [0.717, 1.165) is 35.8 Å². The van der Waals surface area contributed by atoms with Gasteiger partial charge >= 0.3 is 0 Å². The lowest BCUT2D eigenvalue weighted by atomic mass is 9.97. The Labute approximate surface area is 167 Å². The number of hydrogen-bond acceptors (Lipinski definition) is 6. The lowest BCUT2D eigenvalue weighted by Crippen LogP contribution is -2.41. The van der Waals surface area contributed by atoms with E-state index in [1.807, 2.05) is 26.0 Å². The summed E-state index contributed by atoms with van der Waals surface area (Å²) in [7, 11) is 0. The Bertz CT molecular complexity index is 1100. The summed E-state index contributed by atoms with van der Waals surface area (Å²) in [5.41, 5.74) is 3.61. The standard InChI is InChI=1S/C20H23N5O2S/c1-12-6-7-16(13(2)9-12)22-18(27)15-5-4-8-24(11-15)20-23-25-17(26)10-14(3)21-19(25)28-20/h6-7,9-10,15H,4-5,8,11H2,1-3H3,(H,22,27). The van der Waals surface area contributed by atoms with Crippen molar-refractivity contribution in [2.45, 2.75) is 33.6 Å². The van der Waals surface area contributed by atoms with E-state index in [-0.39, 0.29) is 17.4 Å². The highest BCUT2D eigenvalue weighted by atomic mass is 32.1. The maximum atomic E-state index is 12.8. The van der Waals surface area contributed by atoms with Crippen molar-refractivity contribution in [1.82, 2.24) is 14.6 Å². The van der Waals surface area contributed by atoms with Gasteiger partial charge in [-0.15, -0.1) is 5.10 Å². The summed E-state index contributed by atoms with van der Waals surface area (Å²) >= 11 is 1.39. The molecule has 2 aromatic heterocycles. The third kappa shape index (κ3) is 3.64. The van der Waals surface area contributed by atoms with Crippen LogP contribution in [0.25, 0.3) is 4.96 Å². The fraction of sp³-hybridized carbons (Fsp3) is 0.400. The minimum atomic E-state index is -0.175. The molecule has 0 spiro atoms. The average molecular weight is 398 g/mol. The van der Waals surface area contributed by atoms with Crippen LogP contribution in [0.3, 0.4) is 0 Å². The fourth-order valence-corrected chi connectivity index (χ4v) is 4.58. The number of nitrogens with one attached hydrogen (secondary N) is 1. The molecule has 1 amide bonds. The number of carbonyl (C=O) groups excluding carboxylic acids is 1. The molecule has 3 heterocycles. The van der Waals surface area contributed by atoms with Crippen LogP contribution in [-0.4, -0.2) is 33.6 Å². The van der Waals surface area contributed by atoms with E-state index in [0.29, 0.717) is 17.2 Å². The number of carbonyl (C=O) groups is 1. The molecule has 4 rings (SSSR count). The second-order valence-corrected chi connectivity index (χ2v) is 8.34. The van der Waals surface area contributed by atoms with E-state index in [1.165, 1.54) is 27.5 Å². The summed E-state index contributed by atoms with van der Waals surface area (Å²) in [5.74, 6) is -0.0863. The molecule has 28 heavy (non-hydrogen) atoms. The normalized spacial score (nSPS) is 17.1. The molecule has 146 valence electrons. The smallest absolute Gasteiger partial charge is 0.275 e. The number of benzene rings is 1. The van der Waals surface area contributed by atoms with Gasteiger partial charge in [0.05, 0.1) is 5.92 Å². The Kier molecular flexibility index (Phi) is 4.89. The molecule has 1 saturated heterocycles. The minimum Gasteiger partial charge on any atom is -0.346 e. The van der Waals surface area contributed by atoms with Crippen LogP contribution in [0.2, 0.25) is 0 Å². The van der Waals surface area contributed by atoms with E-state index in [1.54, 1.807) is 6.92 Å². The predicted octanol–water partition coefficient (Wildman–Crippen LogP) is 2.93. The molecule has 0 radical (unpaired) electrons. The molecule has 1 fully saturated rings. The monoisotopic (exact) mass is 397 g/mol. The van der Waals surface area contributed by atoms with Crippen LogP contribution in [0, 0.1) is 26.7 Å². The number of anilines is 2. The van der Waals surface area contributed by atoms with E-state index in [9.17, 15) is 9.59 Å². The Morgan fingerprint density at radius 3 is 2.86 bits per heavy atom. The Morgan fingerprint density at radius 2 is 2.07 bits per heavy atom. The summed E-state index contributed by atoms with van der Waals surface area (Å²) in [6, 6.07) is 7.50. The number of piperidine rings is 1. The van der Waals surface area contributed by atoms with Crippen LogP contribution in [0.1, 0.15) is 29.7 Å². The van der Waals surface area contributed by atoms with Gasteiger partial charge in [-0.1, -0.05) is 29.0 Å². The number of amides is 1. The van der Waals surface area contributed by atoms with Crippen molar-refractivity contribution in [2.75, 3.05) is 23.3 Å². The summed E-state index contributed by atoms with van der Waals surface area (Å²) in [4.78, 5) is 32.0. The Hall–Kier alpha value is -2.74. The number of hydrogen-bond donors (Lipinski definition) is 1. The molecule has 1 aliphatic rings. The summed E-state index contributed by atoms with van der Waals surface area (Å²) in [5, 5.41) is 8.24. The molecule has 1 unspecified atom stereocenters. The quantitative estimate of drug-likeness (QED) is 0.735. The SMILES string of the molecule is Cc1ccc(NC(=O)C2CCCN(c3nn4c(=O)cc(C)nc4s3)C2)c(C)c1. The number of aromatic nitrogens is 3. The molecule has 3 aromatic rings. The first-order valence-electron chi connectivity index (χ1n) is 9.41. The highest BCUT2D eigenvalue weighted by Gasteiger charge is 2.28. The number of fused-ring (bicyclic) bond motifs is 1. The van der Waals surface area contributed by atoms with Gasteiger partial charge in [0, 0.05) is 30.5 Å². The third-order valence-corrected chi connectivity index (χ3v) is 6.03. The maximum absolute atomic E-state index is 12.8. The van der Waals surface area contributed by atoms with Crippen molar-refractivity contribution in [3.63, 3.8) is 0 Å². The third-order valence-electron chi connectivity index (χ3n) is 5.06. The van der Waals surface area contributed by atoms with E-state index in [2.05, 4.69) is 26.4 Å². The Morgan fingerprint density at radius 1 is 1.25 bits per heavy atom. The molecule has 0 bridgehead atoms. The van der Waals surface area contributed by atoms with Gasteiger partial charge in [-0.3, -0.25) is 9.59 Å². The van der Waals surface area contributed by atoms with E-state index >= 15 is 0 Å². The zero-order chi connectivity index (χ0) is 19.8. The van der Waals surface area contributed by atoms with Crippen molar-refractivity contribution in [1.29, 1.82) is 0 Å². The minimum absolute atomic E-state index is 0.0314. The zero-order valence-electron chi connectivity index (χ0n) is 16.2. The summed E-state index contributed by atoms with van der Waals surface area (Å²) in [6.45, 7) is 7.25. The van der Waals surface area contributed by atoms with Gasteiger partial charge in [-0.2, -0.15) is 4.52 Å². The maximum Gasteiger partial charge on any atom is 0.275 e. The van der Waals surface area contributed by atoms with Gasteiger partial charge in [-0.25, -0.2) is 4.98 Å². The second kappa shape index (κ2) is 7.35. The van der Waals surface area contributed by atoms with Crippen LogP contribution in [-0.2, 0) is 4.79 Å². The van der Waals surface area contributed by atoms with Crippen molar-refractivity contribution >= 4 is 33.0 Å². The second-order valence-electron chi connectivity index (χ2n) is 7.41. The first-order chi connectivity index (χ1) is 13.4. The summed E-state index contributed by atoms with van der Waals surface area (Å²) in [6.07, 6.45) is 1.75. The first-order valence-corrected chi connectivity index (χ1v) is 10.2. The molecule has 0 aliphatic carbocycles. The predicted molar refractivity (Wildman–Crippen MR) is 111 cm³/mol. The van der Waals surface area contributed by atoms with E-state index in [4.69, 9.17) is 0 Å². The number of aryl methyl sites for hydroxylation is 3. The van der Waals surface area contributed by atoms with Crippen LogP contribution in [0.15, 0.2) is 29.1 Å². The van der Waals surface area contributed by atoms with Crippen LogP contribution >= 0.6 is 11.3 Å². The summed E-state index contributed by atoms with van der Waals surface area (Å²) < 4.78 is 1.34. The van der Waals surface area contributed by atoms with Crippen molar-refractivity contribution < 1.29 is 4.79 Å². The molecule has 0 saturated carbocycles. The van der Waals surface area contributed by atoms with Crippen molar-refractivity contribution in [3.05, 3.63) is 51.4 Å². The molecular weight excluding hydrogens is 374 g/mol. The first kappa shape index (κ1) is 18.6. The van der Waals surface area contributed by atoms with Crippen molar-refractivity contribution in [2.24, 2.45) is 5.92 Å². The van der Waals surface area contributed by atoms with Gasteiger partial charge in [0.2, 0.25) is 16.0 Å². The fourth-order valence-electron chi connectivity index (χ4n) is 3.59. The van der Waals surface area contributed by atoms with Gasteiger partial charge in [0.15, 0.2) is 0 Å². The lowest BCUT2D eigenvalue weighted by molar-refractivity contribution is -0.120. The van der Waals surface area contributed by atoms with Crippen LogP contribution < -0.4 is 15.8 Å². The largest absolute Gasteiger partial charge is 0.346 e. The molecule has 1 aliphatic heterocycles. The Balaban J connectivity index is 1.52.